The minimum Gasteiger partial charge on any atom is -0.507 e. The molecule has 0 unspecified atom stereocenters. The highest BCUT2D eigenvalue weighted by molar-refractivity contribution is 5.92. The Kier molecular flexibility index (Phi) is 7.44. The maximum absolute atomic E-state index is 12.6. The quantitative estimate of drug-likeness (QED) is 0.302. The molecule has 0 atom stereocenters. The second-order valence-corrected chi connectivity index (χ2v) is 7.62. The number of hydrogen-bond acceptors (Lipinski definition) is 3. The van der Waals surface area contributed by atoms with E-state index in [0.717, 1.165) is 29.8 Å². The van der Waals surface area contributed by atoms with Crippen LogP contribution in [0.1, 0.15) is 38.9 Å². The lowest BCUT2D eigenvalue weighted by molar-refractivity contribution is -0.138. The van der Waals surface area contributed by atoms with Crippen LogP contribution in [0.25, 0.3) is 0 Å². The van der Waals surface area contributed by atoms with Crippen molar-refractivity contribution in [3.05, 3.63) is 99.6 Å². The van der Waals surface area contributed by atoms with Crippen LogP contribution in [-0.2, 0) is 25.4 Å². The predicted molar refractivity (Wildman–Crippen MR) is 118 cm³/mol. The molecule has 178 valence electrons. The second kappa shape index (κ2) is 10.1. The second-order valence-electron chi connectivity index (χ2n) is 7.62. The molecule has 0 aliphatic rings. The van der Waals surface area contributed by atoms with Crippen LogP contribution in [0.4, 0.5) is 26.3 Å². The molecule has 0 aromatic heterocycles. The zero-order valence-corrected chi connectivity index (χ0v) is 18.0. The molecule has 0 radical (unpaired) electrons. The van der Waals surface area contributed by atoms with E-state index in [4.69, 9.17) is 0 Å². The Hall–Kier alpha value is -3.62. The van der Waals surface area contributed by atoms with Gasteiger partial charge in [0.05, 0.1) is 24.2 Å². The SMILES string of the molecule is Cc1cc(C=NCc2ccc(C(F)(F)F)cc2)c(O)c(C=NCc2ccc(C(F)(F)F)cc2)c1. The summed E-state index contributed by atoms with van der Waals surface area (Å²) in [6.45, 7) is 2.06. The molecule has 0 heterocycles. The van der Waals surface area contributed by atoms with E-state index in [-0.39, 0.29) is 18.8 Å². The molecule has 3 aromatic carbocycles. The predicted octanol–water partition coefficient (Wildman–Crippen LogP) is 6.98. The Morgan fingerprint density at radius 1 is 0.676 bits per heavy atom. The molecule has 0 amide bonds. The van der Waals surface area contributed by atoms with Gasteiger partial charge in [-0.05, 0) is 60.0 Å². The average Bonchev–Trinajstić information content (AvgIpc) is 2.76. The first-order valence-corrected chi connectivity index (χ1v) is 10.1. The topological polar surface area (TPSA) is 45.0 Å². The molecule has 0 spiro atoms. The maximum atomic E-state index is 12.6. The highest BCUT2D eigenvalue weighted by Crippen LogP contribution is 2.30. The van der Waals surface area contributed by atoms with Crippen molar-refractivity contribution in [1.82, 2.24) is 0 Å². The summed E-state index contributed by atoms with van der Waals surface area (Å²) in [5.74, 6) is -0.0852. The van der Waals surface area contributed by atoms with Crippen molar-refractivity contribution < 1.29 is 31.4 Å². The zero-order chi connectivity index (χ0) is 24.9. The number of alkyl halides is 6. The van der Waals surface area contributed by atoms with Crippen LogP contribution in [0.3, 0.4) is 0 Å². The number of aliphatic imine (C=N–C) groups is 2. The Morgan fingerprint density at radius 2 is 1.03 bits per heavy atom. The number of rotatable bonds is 6. The Bertz CT molecular complexity index is 1090. The van der Waals surface area contributed by atoms with Gasteiger partial charge in [-0.15, -0.1) is 0 Å². The summed E-state index contributed by atoms with van der Waals surface area (Å²) in [6.07, 6.45) is -5.96. The molecule has 3 nitrogen and oxygen atoms in total. The molecule has 9 heteroatoms. The highest BCUT2D eigenvalue weighted by atomic mass is 19.4. The van der Waals surface area contributed by atoms with Gasteiger partial charge >= 0.3 is 12.4 Å². The average molecular weight is 478 g/mol. The summed E-state index contributed by atoms with van der Waals surface area (Å²) in [6, 6.07) is 12.7. The van der Waals surface area contributed by atoms with Crippen molar-refractivity contribution in [3.8, 4) is 5.75 Å². The fourth-order valence-electron chi connectivity index (χ4n) is 3.13. The van der Waals surface area contributed by atoms with Gasteiger partial charge in [0.15, 0.2) is 0 Å². The van der Waals surface area contributed by atoms with Crippen LogP contribution < -0.4 is 0 Å². The van der Waals surface area contributed by atoms with Crippen LogP contribution in [0.15, 0.2) is 70.6 Å². The lowest BCUT2D eigenvalue weighted by atomic mass is 10.1. The van der Waals surface area contributed by atoms with E-state index >= 15 is 0 Å². The molecule has 34 heavy (non-hydrogen) atoms. The van der Waals surface area contributed by atoms with E-state index in [1.807, 2.05) is 0 Å². The summed E-state index contributed by atoms with van der Waals surface area (Å²) >= 11 is 0. The molecule has 0 saturated carbocycles. The minimum atomic E-state index is -4.40. The van der Waals surface area contributed by atoms with Gasteiger partial charge < -0.3 is 5.11 Å². The number of benzene rings is 3. The molecule has 1 N–H and O–H groups in total. The molecular formula is C25H20F6N2O. The largest absolute Gasteiger partial charge is 0.507 e. The first-order valence-electron chi connectivity index (χ1n) is 10.1. The Balaban J connectivity index is 1.68. The van der Waals surface area contributed by atoms with Crippen molar-refractivity contribution in [2.45, 2.75) is 32.4 Å². The van der Waals surface area contributed by atoms with E-state index in [0.29, 0.717) is 22.3 Å². The normalized spacial score (nSPS) is 12.7. The van der Waals surface area contributed by atoms with Crippen molar-refractivity contribution >= 4 is 12.4 Å². The summed E-state index contributed by atoms with van der Waals surface area (Å²) in [7, 11) is 0. The third-order valence-electron chi connectivity index (χ3n) is 4.88. The lowest BCUT2D eigenvalue weighted by Gasteiger charge is -2.07. The van der Waals surface area contributed by atoms with Gasteiger partial charge in [0.25, 0.3) is 0 Å². The number of aromatic hydroxyl groups is 1. The van der Waals surface area contributed by atoms with Gasteiger partial charge in [-0.25, -0.2) is 0 Å². The van der Waals surface area contributed by atoms with E-state index in [2.05, 4.69) is 9.98 Å². The van der Waals surface area contributed by atoms with Crippen LogP contribution in [0.5, 0.6) is 5.75 Å². The third-order valence-corrected chi connectivity index (χ3v) is 4.88. The van der Waals surface area contributed by atoms with Crippen molar-refractivity contribution in [3.63, 3.8) is 0 Å². The van der Waals surface area contributed by atoms with Crippen molar-refractivity contribution in [2.75, 3.05) is 0 Å². The molecular weight excluding hydrogens is 458 g/mol. The van der Waals surface area contributed by atoms with E-state index in [1.165, 1.54) is 36.7 Å². The smallest absolute Gasteiger partial charge is 0.416 e. The van der Waals surface area contributed by atoms with Crippen molar-refractivity contribution in [2.24, 2.45) is 9.98 Å². The van der Waals surface area contributed by atoms with E-state index in [9.17, 15) is 31.4 Å². The van der Waals surface area contributed by atoms with Crippen LogP contribution >= 0.6 is 0 Å². The summed E-state index contributed by atoms with van der Waals surface area (Å²) in [5.41, 5.74) is 1.30. The lowest BCUT2D eigenvalue weighted by Crippen LogP contribution is -2.04. The first kappa shape index (κ1) is 25.0. The third kappa shape index (κ3) is 6.69. The summed E-state index contributed by atoms with van der Waals surface area (Å²) in [5, 5.41) is 10.5. The van der Waals surface area contributed by atoms with Gasteiger partial charge in [-0.2, -0.15) is 26.3 Å². The summed E-state index contributed by atoms with van der Waals surface area (Å²) in [4.78, 5) is 8.40. The molecule has 3 aromatic rings. The first-order chi connectivity index (χ1) is 15.9. The fourth-order valence-corrected chi connectivity index (χ4v) is 3.13. The zero-order valence-electron chi connectivity index (χ0n) is 18.0. The summed E-state index contributed by atoms with van der Waals surface area (Å²) < 4.78 is 75.9. The number of nitrogens with zero attached hydrogens (tertiary/aromatic N) is 2. The van der Waals surface area contributed by atoms with Gasteiger partial charge in [-0.3, -0.25) is 9.98 Å². The molecule has 3 rings (SSSR count). The molecule has 0 bridgehead atoms. The molecule has 0 fully saturated rings. The molecule has 0 aliphatic heterocycles. The van der Waals surface area contributed by atoms with Gasteiger partial charge in [-0.1, -0.05) is 24.3 Å². The monoisotopic (exact) mass is 478 g/mol. The van der Waals surface area contributed by atoms with Gasteiger partial charge in [0, 0.05) is 23.6 Å². The van der Waals surface area contributed by atoms with Gasteiger partial charge in [0.1, 0.15) is 5.75 Å². The Labute approximate surface area is 192 Å². The fraction of sp³-hybridized carbons (Fsp3) is 0.200. The number of hydrogen-bond donors (Lipinski definition) is 1. The van der Waals surface area contributed by atoms with E-state index < -0.39 is 23.5 Å². The van der Waals surface area contributed by atoms with Crippen LogP contribution in [-0.4, -0.2) is 17.5 Å². The highest BCUT2D eigenvalue weighted by Gasteiger charge is 2.30. The maximum Gasteiger partial charge on any atom is 0.416 e. The number of phenols is 1. The standard InChI is InChI=1S/C25H20F6N2O/c1-16-10-19(14-32-12-17-2-6-21(7-3-17)24(26,27)28)23(34)20(11-16)15-33-13-18-4-8-22(9-5-18)25(29,30)31/h2-11,14-15,34H,12-13H2,1H3. The minimum absolute atomic E-state index is 0.0852. The molecule has 0 aliphatic carbocycles. The van der Waals surface area contributed by atoms with Crippen LogP contribution in [0, 0.1) is 6.92 Å². The van der Waals surface area contributed by atoms with E-state index in [1.54, 1.807) is 19.1 Å². The van der Waals surface area contributed by atoms with Gasteiger partial charge in [0.2, 0.25) is 0 Å². The molecule has 0 saturated heterocycles. The number of phenolic OH excluding ortho intramolecular Hbond substituents is 1. The Morgan fingerprint density at radius 3 is 1.35 bits per heavy atom. The number of halogens is 6. The van der Waals surface area contributed by atoms with Crippen LogP contribution in [0.2, 0.25) is 0 Å². The van der Waals surface area contributed by atoms with Crippen molar-refractivity contribution in [1.29, 1.82) is 0 Å². The number of aryl methyl sites for hydroxylation is 1.